The van der Waals surface area contributed by atoms with Crippen molar-refractivity contribution in [2.75, 3.05) is 53.4 Å². The molecule has 1 aliphatic rings. The average molecular weight is 283 g/mol. The molecule has 1 rings (SSSR count). The highest BCUT2D eigenvalue weighted by atomic mass is 15.2. The molecular formula is C15H33N5. The van der Waals surface area contributed by atoms with Crippen LogP contribution in [0.5, 0.6) is 0 Å². The molecule has 1 saturated heterocycles. The van der Waals surface area contributed by atoms with Crippen LogP contribution in [0.15, 0.2) is 4.99 Å². The molecule has 1 fully saturated rings. The Bertz CT molecular complexity index is 300. The highest BCUT2D eigenvalue weighted by Crippen LogP contribution is 2.04. The second-order valence-corrected chi connectivity index (χ2v) is 7.04. The van der Waals surface area contributed by atoms with Gasteiger partial charge in [-0.3, -0.25) is 4.99 Å². The van der Waals surface area contributed by atoms with Crippen molar-refractivity contribution in [1.29, 1.82) is 0 Å². The molecule has 5 heteroatoms. The minimum Gasteiger partial charge on any atom is -0.356 e. The van der Waals surface area contributed by atoms with Crippen LogP contribution in [-0.4, -0.2) is 74.7 Å². The fraction of sp³-hybridized carbons (Fsp3) is 0.933. The molecule has 0 aromatic heterocycles. The Morgan fingerprint density at radius 3 is 2.30 bits per heavy atom. The Morgan fingerprint density at radius 1 is 1.20 bits per heavy atom. The molecule has 2 N–H and O–H groups in total. The highest BCUT2D eigenvalue weighted by Gasteiger charge is 2.17. The van der Waals surface area contributed by atoms with Crippen LogP contribution in [0.1, 0.15) is 27.7 Å². The molecule has 0 radical (unpaired) electrons. The lowest BCUT2D eigenvalue weighted by atomic mass is 10.1. The van der Waals surface area contributed by atoms with Gasteiger partial charge in [0, 0.05) is 51.9 Å². The van der Waals surface area contributed by atoms with Crippen LogP contribution in [-0.2, 0) is 0 Å². The summed E-state index contributed by atoms with van der Waals surface area (Å²) in [6, 6.07) is 0. The van der Waals surface area contributed by atoms with Crippen molar-refractivity contribution in [1.82, 2.24) is 20.4 Å². The van der Waals surface area contributed by atoms with Crippen molar-refractivity contribution in [3.05, 3.63) is 0 Å². The fourth-order valence-electron chi connectivity index (χ4n) is 2.34. The summed E-state index contributed by atoms with van der Waals surface area (Å²) in [5, 5.41) is 6.82. The van der Waals surface area contributed by atoms with Crippen LogP contribution in [0.3, 0.4) is 0 Å². The SMILES string of the molecule is CN=C(NCC(C)CN1CCN(C)CC1)NC(C)(C)C. The van der Waals surface area contributed by atoms with E-state index in [1.165, 1.54) is 26.2 Å². The topological polar surface area (TPSA) is 42.9 Å². The van der Waals surface area contributed by atoms with Crippen molar-refractivity contribution < 1.29 is 0 Å². The van der Waals surface area contributed by atoms with Gasteiger partial charge in [0.15, 0.2) is 5.96 Å². The number of guanidine groups is 1. The molecule has 0 aliphatic carbocycles. The smallest absolute Gasteiger partial charge is 0.191 e. The summed E-state index contributed by atoms with van der Waals surface area (Å²) in [7, 11) is 4.02. The molecular weight excluding hydrogens is 250 g/mol. The summed E-state index contributed by atoms with van der Waals surface area (Å²) in [4.78, 5) is 9.24. The Kier molecular flexibility index (Phi) is 6.76. The first-order valence-electron chi connectivity index (χ1n) is 7.70. The van der Waals surface area contributed by atoms with Crippen LogP contribution in [0.25, 0.3) is 0 Å². The maximum atomic E-state index is 4.28. The molecule has 5 nitrogen and oxygen atoms in total. The summed E-state index contributed by atoms with van der Waals surface area (Å²) in [5.74, 6) is 1.51. The number of rotatable bonds is 4. The second-order valence-electron chi connectivity index (χ2n) is 7.04. The molecule has 1 aliphatic heterocycles. The molecule has 0 bridgehead atoms. The van der Waals surface area contributed by atoms with Crippen molar-refractivity contribution in [3.63, 3.8) is 0 Å². The van der Waals surface area contributed by atoms with Gasteiger partial charge in [-0.1, -0.05) is 6.92 Å². The predicted molar refractivity (Wildman–Crippen MR) is 87.4 cm³/mol. The van der Waals surface area contributed by atoms with E-state index in [1.54, 1.807) is 0 Å². The van der Waals surface area contributed by atoms with Gasteiger partial charge in [-0.15, -0.1) is 0 Å². The first-order chi connectivity index (χ1) is 9.30. The van der Waals surface area contributed by atoms with Gasteiger partial charge >= 0.3 is 0 Å². The Hall–Kier alpha value is -0.810. The van der Waals surface area contributed by atoms with Gasteiger partial charge in [-0.2, -0.15) is 0 Å². The Balaban J connectivity index is 2.26. The van der Waals surface area contributed by atoms with Crippen molar-refractivity contribution in [3.8, 4) is 0 Å². The Morgan fingerprint density at radius 2 is 1.80 bits per heavy atom. The summed E-state index contributed by atoms with van der Waals surface area (Å²) in [5.41, 5.74) is 0.0442. The van der Waals surface area contributed by atoms with E-state index in [2.05, 4.69) is 60.2 Å². The van der Waals surface area contributed by atoms with Gasteiger partial charge < -0.3 is 20.4 Å². The lowest BCUT2D eigenvalue weighted by Crippen LogP contribution is -2.50. The summed E-state index contributed by atoms with van der Waals surface area (Å²) in [6.45, 7) is 15.6. The monoisotopic (exact) mass is 283 g/mol. The predicted octanol–water partition coefficient (Wildman–Crippen LogP) is 0.833. The van der Waals surface area contributed by atoms with Crippen molar-refractivity contribution in [2.45, 2.75) is 33.2 Å². The van der Waals surface area contributed by atoms with Crippen LogP contribution in [0.2, 0.25) is 0 Å². The van der Waals surface area contributed by atoms with E-state index in [1.807, 2.05) is 7.05 Å². The largest absolute Gasteiger partial charge is 0.356 e. The molecule has 0 amide bonds. The minimum atomic E-state index is 0.0442. The van der Waals surface area contributed by atoms with Crippen LogP contribution >= 0.6 is 0 Å². The lowest BCUT2D eigenvalue weighted by molar-refractivity contribution is 0.139. The number of nitrogens with one attached hydrogen (secondary N) is 2. The highest BCUT2D eigenvalue weighted by molar-refractivity contribution is 5.80. The average Bonchev–Trinajstić information content (AvgIpc) is 2.36. The number of likely N-dealkylation sites (N-methyl/N-ethyl adjacent to an activating group) is 1. The normalized spacial score (nSPS) is 20.8. The first-order valence-corrected chi connectivity index (χ1v) is 7.70. The molecule has 0 saturated carbocycles. The zero-order valence-electron chi connectivity index (χ0n) is 14.2. The lowest BCUT2D eigenvalue weighted by Gasteiger charge is -2.34. The summed E-state index contributed by atoms with van der Waals surface area (Å²) in [6.07, 6.45) is 0. The first kappa shape index (κ1) is 17.2. The Labute approximate surface area is 124 Å². The van der Waals surface area contributed by atoms with Gasteiger partial charge in [0.25, 0.3) is 0 Å². The molecule has 1 unspecified atom stereocenters. The molecule has 1 atom stereocenters. The van der Waals surface area contributed by atoms with Gasteiger partial charge in [0.2, 0.25) is 0 Å². The minimum absolute atomic E-state index is 0.0442. The van der Waals surface area contributed by atoms with Gasteiger partial charge in [0.1, 0.15) is 0 Å². The number of nitrogens with zero attached hydrogens (tertiary/aromatic N) is 3. The van der Waals surface area contributed by atoms with E-state index >= 15 is 0 Å². The van der Waals surface area contributed by atoms with E-state index in [0.717, 1.165) is 19.0 Å². The maximum Gasteiger partial charge on any atom is 0.191 e. The van der Waals surface area contributed by atoms with Crippen molar-refractivity contribution >= 4 is 5.96 Å². The molecule has 118 valence electrons. The number of piperazine rings is 1. The third-order valence-electron chi connectivity index (χ3n) is 3.50. The van der Waals surface area contributed by atoms with Crippen LogP contribution in [0, 0.1) is 5.92 Å². The van der Waals surface area contributed by atoms with E-state index < -0.39 is 0 Å². The number of hydrogen-bond donors (Lipinski definition) is 2. The molecule has 20 heavy (non-hydrogen) atoms. The third-order valence-corrected chi connectivity index (χ3v) is 3.50. The quantitative estimate of drug-likeness (QED) is 0.592. The molecule has 0 spiro atoms. The second kappa shape index (κ2) is 7.84. The maximum absolute atomic E-state index is 4.28. The van der Waals surface area contributed by atoms with Crippen LogP contribution in [0.4, 0.5) is 0 Å². The van der Waals surface area contributed by atoms with E-state index in [0.29, 0.717) is 5.92 Å². The van der Waals surface area contributed by atoms with Gasteiger partial charge in [0.05, 0.1) is 0 Å². The van der Waals surface area contributed by atoms with Gasteiger partial charge in [-0.05, 0) is 33.7 Å². The molecule has 0 aromatic carbocycles. The van der Waals surface area contributed by atoms with Crippen molar-refractivity contribution in [2.24, 2.45) is 10.9 Å². The number of aliphatic imine (C=N–C) groups is 1. The zero-order valence-corrected chi connectivity index (χ0v) is 14.2. The molecule has 0 aromatic rings. The fourth-order valence-corrected chi connectivity index (χ4v) is 2.34. The number of hydrogen-bond acceptors (Lipinski definition) is 3. The standard InChI is InChI=1S/C15H33N5/c1-13(12-20-9-7-19(6)8-10-20)11-17-14(16-5)18-15(2,3)4/h13H,7-12H2,1-6H3,(H2,16,17,18). The van der Waals surface area contributed by atoms with Crippen LogP contribution < -0.4 is 10.6 Å². The van der Waals surface area contributed by atoms with Gasteiger partial charge in [-0.25, -0.2) is 0 Å². The summed E-state index contributed by atoms with van der Waals surface area (Å²) >= 11 is 0. The zero-order chi connectivity index (χ0) is 15.2. The third kappa shape index (κ3) is 7.10. The van der Waals surface area contributed by atoms with E-state index in [4.69, 9.17) is 0 Å². The van der Waals surface area contributed by atoms with E-state index in [9.17, 15) is 0 Å². The van der Waals surface area contributed by atoms with E-state index in [-0.39, 0.29) is 5.54 Å². The summed E-state index contributed by atoms with van der Waals surface area (Å²) < 4.78 is 0. The molecule has 1 heterocycles.